The Morgan fingerprint density at radius 2 is 1.76 bits per heavy atom. The zero-order valence-electron chi connectivity index (χ0n) is 21.7. The molecule has 0 aromatic carbocycles. The Labute approximate surface area is 214 Å². The van der Waals surface area contributed by atoms with Gasteiger partial charge in [0.1, 0.15) is 18.8 Å². The number of nitriles is 1. The lowest BCUT2D eigenvalue weighted by Crippen LogP contribution is -2.47. The highest BCUT2D eigenvalue weighted by Crippen LogP contribution is 2.44. The quantitative estimate of drug-likeness (QED) is 0.405. The second-order valence-electron chi connectivity index (χ2n) is 9.60. The van der Waals surface area contributed by atoms with E-state index in [4.69, 9.17) is 29.4 Å². The van der Waals surface area contributed by atoms with Crippen molar-refractivity contribution in [2.45, 2.75) is 71.6 Å². The van der Waals surface area contributed by atoms with Gasteiger partial charge in [-0.05, 0) is 32.0 Å². The van der Waals surface area contributed by atoms with Gasteiger partial charge in [0.15, 0.2) is 12.2 Å². The van der Waals surface area contributed by atoms with Crippen LogP contribution < -0.4 is 5.73 Å². The number of carbonyl (C=O) groups excluding carboxylic acids is 3. The summed E-state index contributed by atoms with van der Waals surface area (Å²) >= 11 is 0. The Balaban J connectivity index is 2.13. The zero-order chi connectivity index (χ0) is 27.5. The Hall–Kier alpha value is -3.85. The number of ether oxygens (including phenoxy) is 5. The van der Waals surface area contributed by atoms with E-state index < -0.39 is 66.6 Å². The van der Waals surface area contributed by atoms with Crippen molar-refractivity contribution in [1.82, 2.24) is 9.61 Å². The molecule has 1 aliphatic rings. The van der Waals surface area contributed by atoms with Gasteiger partial charge in [0.25, 0.3) is 0 Å². The monoisotopic (exact) mass is 516 g/mol. The Morgan fingerprint density at radius 3 is 2.35 bits per heavy atom. The molecule has 37 heavy (non-hydrogen) atoms. The van der Waals surface area contributed by atoms with Crippen molar-refractivity contribution in [2.24, 2.45) is 11.8 Å². The van der Waals surface area contributed by atoms with Gasteiger partial charge in [-0.3, -0.25) is 9.59 Å². The van der Waals surface area contributed by atoms with Gasteiger partial charge < -0.3 is 29.4 Å². The molecule has 3 rings (SSSR count). The maximum absolute atomic E-state index is 12.8. The number of anilines is 1. The predicted molar refractivity (Wildman–Crippen MR) is 129 cm³/mol. The van der Waals surface area contributed by atoms with Crippen LogP contribution in [-0.4, -0.2) is 58.7 Å². The Morgan fingerprint density at radius 1 is 1.11 bits per heavy atom. The molecule has 12 heteroatoms. The van der Waals surface area contributed by atoms with Crippen LogP contribution >= 0.6 is 0 Å². The molecular weight excluding hydrogens is 484 g/mol. The van der Waals surface area contributed by atoms with Crippen LogP contribution in [0, 0.1) is 23.2 Å². The van der Waals surface area contributed by atoms with Crippen molar-refractivity contribution < 1.29 is 38.1 Å². The van der Waals surface area contributed by atoms with Gasteiger partial charge in [0.2, 0.25) is 5.60 Å². The number of hydrogen-bond donors (Lipinski definition) is 1. The summed E-state index contributed by atoms with van der Waals surface area (Å²) in [5.74, 6) is -2.37. The molecule has 3 heterocycles. The molecule has 0 spiro atoms. The van der Waals surface area contributed by atoms with Gasteiger partial charge in [-0.15, -0.1) is 0 Å². The molecule has 2 aromatic heterocycles. The summed E-state index contributed by atoms with van der Waals surface area (Å²) in [6.45, 7) is 9.36. The minimum absolute atomic E-state index is 0.191. The molecular formula is C25H32N4O8. The summed E-state index contributed by atoms with van der Waals surface area (Å²) in [6.07, 6.45) is -3.87. The standard InChI is InChI=1S/C25H32N4O8/c1-13(2)22(30)35-20-18(11-33-24(32)34-15(5)6)37-25(12-26,21(20)36-23(31)14(3)4)19-8-7-17-16(27)9-10-28-29(17)19/h7-10,13-15,18,20-21H,11,27H2,1-6H3/t18-,20-,21-,25+/m1/s1. The van der Waals surface area contributed by atoms with Crippen LogP contribution in [0.3, 0.4) is 0 Å². The molecule has 4 atom stereocenters. The first-order chi connectivity index (χ1) is 17.4. The molecule has 200 valence electrons. The lowest BCUT2D eigenvalue weighted by atomic mass is 9.92. The van der Waals surface area contributed by atoms with Crippen LogP contribution in [0.2, 0.25) is 0 Å². The van der Waals surface area contributed by atoms with E-state index >= 15 is 0 Å². The molecule has 0 bridgehead atoms. The third kappa shape index (κ3) is 5.61. The highest BCUT2D eigenvalue weighted by atomic mass is 16.7. The van der Waals surface area contributed by atoms with Gasteiger partial charge in [-0.1, -0.05) is 27.7 Å². The molecule has 1 saturated heterocycles. The van der Waals surface area contributed by atoms with Crippen LogP contribution in [-0.2, 0) is 38.9 Å². The number of hydrogen-bond acceptors (Lipinski definition) is 11. The lowest BCUT2D eigenvalue weighted by molar-refractivity contribution is -0.173. The molecule has 12 nitrogen and oxygen atoms in total. The number of nitrogens with zero attached hydrogens (tertiary/aromatic N) is 3. The number of rotatable bonds is 8. The first kappa shape index (κ1) is 27.7. The van der Waals surface area contributed by atoms with Gasteiger partial charge in [0, 0.05) is 6.20 Å². The van der Waals surface area contributed by atoms with Crippen molar-refractivity contribution in [1.29, 1.82) is 5.26 Å². The Bertz CT molecular complexity index is 1200. The van der Waals surface area contributed by atoms with Gasteiger partial charge in [-0.25, -0.2) is 9.31 Å². The highest BCUT2D eigenvalue weighted by molar-refractivity contribution is 5.74. The Kier molecular flexibility index (Phi) is 8.28. The van der Waals surface area contributed by atoms with E-state index in [-0.39, 0.29) is 5.69 Å². The number of fused-ring (bicyclic) bond motifs is 1. The average molecular weight is 517 g/mol. The van der Waals surface area contributed by atoms with E-state index in [1.54, 1.807) is 59.7 Å². The largest absolute Gasteiger partial charge is 0.508 e. The molecule has 1 fully saturated rings. The third-order valence-electron chi connectivity index (χ3n) is 5.67. The number of nitrogen functional groups attached to an aromatic ring is 1. The molecule has 1 aliphatic heterocycles. The molecule has 2 aromatic rings. The number of carbonyl (C=O) groups is 3. The van der Waals surface area contributed by atoms with Crippen molar-refractivity contribution in [3.05, 3.63) is 30.1 Å². The van der Waals surface area contributed by atoms with Crippen LogP contribution in [0.1, 0.15) is 47.2 Å². The smallest absolute Gasteiger partial charge is 0.455 e. The number of nitrogens with two attached hydrogens (primary N) is 1. The first-order valence-corrected chi connectivity index (χ1v) is 12.0. The second kappa shape index (κ2) is 11.0. The average Bonchev–Trinajstić information content (AvgIpc) is 3.38. The van der Waals surface area contributed by atoms with E-state index in [0.29, 0.717) is 11.2 Å². The molecule has 0 unspecified atom stereocenters. The van der Waals surface area contributed by atoms with Crippen molar-refractivity contribution >= 4 is 29.3 Å². The van der Waals surface area contributed by atoms with Crippen LogP contribution in [0.5, 0.6) is 0 Å². The van der Waals surface area contributed by atoms with E-state index in [0.717, 1.165) is 0 Å². The highest BCUT2D eigenvalue weighted by Gasteiger charge is 2.63. The second-order valence-corrected chi connectivity index (χ2v) is 9.60. The van der Waals surface area contributed by atoms with E-state index in [1.807, 2.05) is 0 Å². The van der Waals surface area contributed by atoms with E-state index in [9.17, 15) is 19.6 Å². The summed E-state index contributed by atoms with van der Waals surface area (Å²) in [7, 11) is 0. The summed E-state index contributed by atoms with van der Waals surface area (Å²) in [5, 5.41) is 14.8. The minimum atomic E-state index is -1.99. The van der Waals surface area contributed by atoms with Gasteiger partial charge >= 0.3 is 18.1 Å². The summed E-state index contributed by atoms with van der Waals surface area (Å²) in [5.41, 5.74) is 5.15. The predicted octanol–water partition coefficient (Wildman–Crippen LogP) is 2.73. The minimum Gasteiger partial charge on any atom is -0.455 e. The van der Waals surface area contributed by atoms with Gasteiger partial charge in [-0.2, -0.15) is 10.4 Å². The van der Waals surface area contributed by atoms with Crippen LogP contribution in [0.15, 0.2) is 24.4 Å². The van der Waals surface area contributed by atoms with Crippen molar-refractivity contribution in [3.63, 3.8) is 0 Å². The van der Waals surface area contributed by atoms with Crippen LogP contribution in [0.25, 0.3) is 5.52 Å². The molecule has 0 amide bonds. The first-order valence-electron chi connectivity index (χ1n) is 12.0. The summed E-state index contributed by atoms with van der Waals surface area (Å²) in [4.78, 5) is 37.5. The summed E-state index contributed by atoms with van der Waals surface area (Å²) < 4.78 is 29.3. The van der Waals surface area contributed by atoms with Crippen molar-refractivity contribution in [2.75, 3.05) is 12.3 Å². The normalized spacial score (nSPS) is 23.3. The van der Waals surface area contributed by atoms with Crippen LogP contribution in [0.4, 0.5) is 10.5 Å². The lowest BCUT2D eigenvalue weighted by Gasteiger charge is -2.29. The fraction of sp³-hybridized carbons (Fsp3) is 0.560. The number of aromatic nitrogens is 2. The topological polar surface area (TPSA) is 164 Å². The number of esters is 2. The molecule has 0 radical (unpaired) electrons. The van der Waals surface area contributed by atoms with E-state index in [1.165, 1.54) is 10.7 Å². The van der Waals surface area contributed by atoms with Crippen molar-refractivity contribution in [3.8, 4) is 6.07 Å². The van der Waals surface area contributed by atoms with E-state index in [2.05, 4.69) is 11.2 Å². The SMILES string of the molecule is CC(C)OC(=O)OC[C@H]1O[C@@](C#N)(c2ccc3c(N)ccnn23)[C@H](OC(=O)C(C)C)[C@@H]1OC(=O)C(C)C. The molecule has 2 N–H and O–H groups in total. The van der Waals surface area contributed by atoms with Gasteiger partial charge in [0.05, 0.1) is 34.8 Å². The third-order valence-corrected chi connectivity index (χ3v) is 5.67. The summed E-state index contributed by atoms with van der Waals surface area (Å²) in [6, 6.07) is 6.90. The zero-order valence-corrected chi connectivity index (χ0v) is 21.7. The molecule has 0 saturated carbocycles. The maximum atomic E-state index is 12.8. The fourth-order valence-corrected chi connectivity index (χ4v) is 3.80. The fourth-order valence-electron chi connectivity index (χ4n) is 3.80. The maximum Gasteiger partial charge on any atom is 0.508 e. The molecule has 0 aliphatic carbocycles.